The van der Waals surface area contributed by atoms with E-state index in [-0.39, 0.29) is 6.04 Å². The minimum Gasteiger partial charge on any atom is -0.319 e. The van der Waals surface area contributed by atoms with Gasteiger partial charge in [-0.3, -0.25) is 18.8 Å². The number of carbonyl (C=O) groups is 3. The second-order valence-corrected chi connectivity index (χ2v) is 10.1. The van der Waals surface area contributed by atoms with Crippen LogP contribution in [0.25, 0.3) is 0 Å². The quantitative estimate of drug-likeness (QED) is 0.565. The molecule has 0 unspecified atom stereocenters. The number of urea groups is 1. The van der Waals surface area contributed by atoms with Crippen LogP contribution in [0.2, 0.25) is 0 Å². The summed E-state index contributed by atoms with van der Waals surface area (Å²) in [6.07, 6.45) is 1.64. The molecule has 0 bridgehead atoms. The molecule has 2 aromatic carbocycles. The van der Waals surface area contributed by atoms with Gasteiger partial charge in [-0.15, -0.1) is 0 Å². The molecule has 0 spiro atoms. The Balaban J connectivity index is 1.57. The summed E-state index contributed by atoms with van der Waals surface area (Å²) < 4.78 is 25.5. The van der Waals surface area contributed by atoms with Crippen LogP contribution in [0.1, 0.15) is 35.3 Å². The van der Waals surface area contributed by atoms with E-state index in [1.54, 1.807) is 50.2 Å². The average Bonchev–Trinajstić information content (AvgIpc) is 3.16. The van der Waals surface area contributed by atoms with Crippen molar-refractivity contribution in [3.8, 4) is 0 Å². The van der Waals surface area contributed by atoms with Crippen LogP contribution in [0.5, 0.6) is 0 Å². The summed E-state index contributed by atoms with van der Waals surface area (Å²) in [5.41, 5.74) is 1.03. The van der Waals surface area contributed by atoms with Gasteiger partial charge in [0.05, 0.1) is 18.5 Å². The molecule has 1 saturated heterocycles. The Morgan fingerprint density at radius 2 is 1.84 bits per heavy atom. The van der Waals surface area contributed by atoms with Crippen molar-refractivity contribution in [2.45, 2.75) is 31.8 Å². The highest BCUT2D eigenvalue weighted by molar-refractivity contribution is 7.92. The van der Waals surface area contributed by atoms with Crippen LogP contribution in [0.3, 0.4) is 0 Å². The van der Waals surface area contributed by atoms with Gasteiger partial charge in [-0.1, -0.05) is 30.3 Å². The fourth-order valence-electron chi connectivity index (χ4n) is 4.32. The number of nitrogens with one attached hydrogen (secondary N) is 1. The SMILES string of the molecule is C[C@H]1Cc2cc(C(=O)CN3C(=O)N[C@](C)(c4ccccc4)C3=O)ccc2N1S(C)(=O)=O. The van der Waals surface area contributed by atoms with Crippen LogP contribution in [0.4, 0.5) is 10.5 Å². The molecule has 0 aromatic heterocycles. The number of hydrogen-bond donors (Lipinski definition) is 1. The molecule has 0 saturated carbocycles. The predicted molar refractivity (Wildman–Crippen MR) is 115 cm³/mol. The summed E-state index contributed by atoms with van der Waals surface area (Å²) in [5, 5.41) is 2.68. The van der Waals surface area contributed by atoms with Crippen LogP contribution >= 0.6 is 0 Å². The zero-order valence-corrected chi connectivity index (χ0v) is 18.3. The second-order valence-electron chi connectivity index (χ2n) is 8.19. The van der Waals surface area contributed by atoms with E-state index in [1.807, 2.05) is 6.07 Å². The van der Waals surface area contributed by atoms with Gasteiger partial charge in [-0.25, -0.2) is 13.2 Å². The monoisotopic (exact) mass is 441 g/mol. The molecule has 2 aromatic rings. The van der Waals surface area contributed by atoms with Crippen LogP contribution in [0, 0.1) is 0 Å². The number of sulfonamides is 1. The number of fused-ring (bicyclic) bond motifs is 1. The van der Waals surface area contributed by atoms with Crippen molar-refractivity contribution >= 4 is 33.4 Å². The fraction of sp³-hybridized carbons (Fsp3) is 0.318. The third-order valence-corrected chi connectivity index (χ3v) is 7.11. The van der Waals surface area contributed by atoms with Crippen LogP contribution in [-0.4, -0.2) is 49.9 Å². The Kier molecular flexibility index (Phi) is 4.88. The third-order valence-electron chi connectivity index (χ3n) is 5.84. The first-order valence-corrected chi connectivity index (χ1v) is 11.7. The summed E-state index contributed by atoms with van der Waals surface area (Å²) >= 11 is 0. The second kappa shape index (κ2) is 7.19. The Morgan fingerprint density at radius 3 is 2.48 bits per heavy atom. The maximum atomic E-state index is 13.0. The highest BCUT2D eigenvalue weighted by atomic mass is 32.2. The van der Waals surface area contributed by atoms with Gasteiger partial charge in [0.15, 0.2) is 5.78 Å². The number of carbonyl (C=O) groups excluding carboxylic acids is 3. The van der Waals surface area contributed by atoms with E-state index < -0.39 is 39.8 Å². The lowest BCUT2D eigenvalue weighted by Crippen LogP contribution is -2.41. The molecular weight excluding hydrogens is 418 g/mol. The lowest BCUT2D eigenvalue weighted by molar-refractivity contribution is -0.130. The van der Waals surface area contributed by atoms with Crippen LogP contribution < -0.4 is 9.62 Å². The van der Waals surface area contributed by atoms with Gasteiger partial charge in [0.2, 0.25) is 10.0 Å². The molecule has 2 aliphatic rings. The zero-order valence-electron chi connectivity index (χ0n) is 17.5. The summed E-state index contributed by atoms with van der Waals surface area (Å²) in [6.45, 7) is 3.03. The largest absolute Gasteiger partial charge is 0.325 e. The molecule has 4 rings (SSSR count). The van der Waals surface area contributed by atoms with E-state index in [4.69, 9.17) is 0 Å². The van der Waals surface area contributed by atoms with E-state index in [9.17, 15) is 22.8 Å². The zero-order chi connectivity index (χ0) is 22.6. The molecular formula is C22H23N3O5S. The van der Waals surface area contributed by atoms with E-state index >= 15 is 0 Å². The van der Waals surface area contributed by atoms with Gasteiger partial charge >= 0.3 is 6.03 Å². The number of amides is 3. The lowest BCUT2D eigenvalue weighted by atomic mass is 9.92. The molecule has 0 aliphatic carbocycles. The van der Waals surface area contributed by atoms with Crippen molar-refractivity contribution in [2.75, 3.05) is 17.1 Å². The van der Waals surface area contributed by atoms with Crippen molar-refractivity contribution in [2.24, 2.45) is 0 Å². The molecule has 2 atom stereocenters. The number of nitrogens with zero attached hydrogens (tertiary/aromatic N) is 2. The number of benzene rings is 2. The van der Waals surface area contributed by atoms with E-state index in [0.717, 1.165) is 16.7 Å². The predicted octanol–water partition coefficient (Wildman–Crippen LogP) is 2.05. The van der Waals surface area contributed by atoms with Gasteiger partial charge in [0.1, 0.15) is 5.54 Å². The minimum absolute atomic E-state index is 0.243. The van der Waals surface area contributed by atoms with Gasteiger partial charge < -0.3 is 5.32 Å². The number of hydrogen-bond acceptors (Lipinski definition) is 5. The number of anilines is 1. The van der Waals surface area contributed by atoms with Crippen LogP contribution in [-0.2, 0) is 26.8 Å². The number of ketones is 1. The molecule has 31 heavy (non-hydrogen) atoms. The highest BCUT2D eigenvalue weighted by Gasteiger charge is 2.49. The van der Waals surface area contributed by atoms with E-state index in [1.165, 1.54) is 10.4 Å². The summed E-state index contributed by atoms with van der Waals surface area (Å²) in [4.78, 5) is 39.3. The van der Waals surface area contributed by atoms with Crippen molar-refractivity contribution < 1.29 is 22.8 Å². The Bertz CT molecular complexity index is 1190. The molecule has 2 heterocycles. The first-order valence-electron chi connectivity index (χ1n) is 9.87. The van der Waals surface area contributed by atoms with Gasteiger partial charge in [0, 0.05) is 11.6 Å². The molecule has 1 fully saturated rings. The summed E-state index contributed by atoms with van der Waals surface area (Å²) in [7, 11) is -3.43. The Labute approximate surface area is 180 Å². The van der Waals surface area contributed by atoms with E-state index in [2.05, 4.69) is 5.32 Å². The first-order chi connectivity index (χ1) is 14.5. The number of rotatable bonds is 5. The van der Waals surface area contributed by atoms with Crippen LogP contribution in [0.15, 0.2) is 48.5 Å². The van der Waals surface area contributed by atoms with Gasteiger partial charge in [0.25, 0.3) is 5.91 Å². The standard InChI is InChI=1S/C22H23N3O5S/c1-14-11-16-12-15(9-10-18(16)25(14)31(3,29)30)19(26)13-24-20(27)22(2,23-21(24)28)17-7-5-4-6-8-17/h4-10,12,14H,11,13H2,1-3H3,(H,23,28)/t14-,22+/m0/s1. The molecule has 162 valence electrons. The number of Topliss-reactive ketones (excluding diaryl/α,β-unsaturated/α-hetero) is 1. The van der Waals surface area contributed by atoms with E-state index in [0.29, 0.717) is 23.2 Å². The normalized spacial score (nSPS) is 23.1. The van der Waals surface area contributed by atoms with Crippen molar-refractivity contribution in [1.82, 2.24) is 10.2 Å². The minimum atomic E-state index is -3.43. The summed E-state index contributed by atoms with van der Waals surface area (Å²) in [6, 6.07) is 12.8. The van der Waals surface area contributed by atoms with Gasteiger partial charge in [-0.05, 0) is 49.6 Å². The highest BCUT2D eigenvalue weighted by Crippen LogP contribution is 2.35. The molecule has 1 N–H and O–H groups in total. The summed E-state index contributed by atoms with van der Waals surface area (Å²) in [5.74, 6) is -0.885. The first kappa shape index (κ1) is 21.0. The molecule has 8 nitrogen and oxygen atoms in total. The molecule has 0 radical (unpaired) electrons. The maximum Gasteiger partial charge on any atom is 0.325 e. The average molecular weight is 442 g/mol. The van der Waals surface area contributed by atoms with Crippen molar-refractivity contribution in [1.29, 1.82) is 0 Å². The number of imide groups is 1. The fourth-order valence-corrected chi connectivity index (χ4v) is 5.59. The third kappa shape index (κ3) is 3.48. The topological polar surface area (TPSA) is 104 Å². The Hall–Kier alpha value is -3.20. The maximum absolute atomic E-state index is 13.0. The Morgan fingerprint density at radius 1 is 1.16 bits per heavy atom. The molecule has 2 aliphatic heterocycles. The molecule has 9 heteroatoms. The van der Waals surface area contributed by atoms with Gasteiger partial charge in [-0.2, -0.15) is 0 Å². The lowest BCUT2D eigenvalue weighted by Gasteiger charge is -2.22. The molecule has 3 amide bonds. The smallest absolute Gasteiger partial charge is 0.319 e. The van der Waals surface area contributed by atoms with Crippen molar-refractivity contribution in [3.63, 3.8) is 0 Å². The van der Waals surface area contributed by atoms with Crippen molar-refractivity contribution in [3.05, 3.63) is 65.2 Å².